The Morgan fingerprint density at radius 2 is 2.60 bits per heavy atom. The average molecular weight is 156 g/mol. The lowest BCUT2D eigenvalue weighted by Crippen LogP contribution is -2.26. The van der Waals surface area contributed by atoms with Crippen molar-refractivity contribution in [2.45, 2.75) is 13.0 Å². The fourth-order valence-electron chi connectivity index (χ4n) is 0.540. The summed E-state index contributed by atoms with van der Waals surface area (Å²) in [5.74, 6) is -0.0880. The van der Waals surface area contributed by atoms with E-state index in [1.54, 1.807) is 18.5 Å². The van der Waals surface area contributed by atoms with E-state index in [9.17, 15) is 4.79 Å². The summed E-state index contributed by atoms with van der Waals surface area (Å²) in [5, 5.41) is 2.25. The molecule has 0 radical (unpaired) electrons. The molecule has 1 aromatic heterocycles. The zero-order valence-electron chi connectivity index (χ0n) is 5.57. The maximum absolute atomic E-state index is 11.0. The lowest BCUT2D eigenvalue weighted by atomic mass is 10.2. The highest BCUT2D eigenvalue weighted by Gasteiger charge is 2.11. The van der Waals surface area contributed by atoms with Crippen LogP contribution in [0.25, 0.3) is 0 Å². The molecule has 3 nitrogen and oxygen atoms in total. The van der Waals surface area contributed by atoms with E-state index in [0.717, 1.165) is 0 Å². The quantitative estimate of drug-likeness (QED) is 0.640. The van der Waals surface area contributed by atoms with Crippen molar-refractivity contribution < 1.29 is 4.79 Å². The molecule has 1 aromatic rings. The number of thiazole rings is 1. The lowest BCUT2D eigenvalue weighted by Gasteiger charge is -1.97. The largest absolute Gasteiger partial charge is 0.321 e. The van der Waals surface area contributed by atoms with Crippen LogP contribution in [0.5, 0.6) is 0 Å². The second-order valence-electron chi connectivity index (χ2n) is 1.99. The molecule has 0 aliphatic heterocycles. The van der Waals surface area contributed by atoms with Crippen LogP contribution in [0.2, 0.25) is 0 Å². The highest BCUT2D eigenvalue weighted by molar-refractivity contribution is 7.11. The van der Waals surface area contributed by atoms with Crippen molar-refractivity contribution in [1.82, 2.24) is 4.98 Å². The van der Waals surface area contributed by atoms with Gasteiger partial charge in [0, 0.05) is 11.6 Å². The molecule has 0 saturated heterocycles. The van der Waals surface area contributed by atoms with Crippen molar-refractivity contribution in [2.24, 2.45) is 5.73 Å². The average Bonchev–Trinajstić information content (AvgIpc) is 2.36. The summed E-state index contributed by atoms with van der Waals surface area (Å²) in [7, 11) is 0. The molecule has 0 amide bonds. The molecule has 0 spiro atoms. The lowest BCUT2D eigenvalue weighted by molar-refractivity contribution is 0.0967. The SMILES string of the molecule is C[C@@H](N)C(=O)c1nccs1. The Labute approximate surface area is 62.9 Å². The van der Waals surface area contributed by atoms with Crippen LogP contribution in [0.3, 0.4) is 0 Å². The Morgan fingerprint density at radius 3 is 3.00 bits per heavy atom. The first kappa shape index (κ1) is 7.37. The summed E-state index contributed by atoms with van der Waals surface area (Å²) >= 11 is 1.32. The van der Waals surface area contributed by atoms with E-state index in [1.165, 1.54) is 11.3 Å². The van der Waals surface area contributed by atoms with Crippen LogP contribution >= 0.6 is 11.3 Å². The fourth-order valence-corrected chi connectivity index (χ4v) is 1.21. The molecule has 1 rings (SSSR count). The molecular weight excluding hydrogens is 148 g/mol. The number of carbonyl (C=O) groups excluding carboxylic acids is 1. The minimum atomic E-state index is -0.439. The predicted octanol–water partition coefficient (Wildman–Crippen LogP) is 0.673. The summed E-state index contributed by atoms with van der Waals surface area (Å²) in [5.41, 5.74) is 5.34. The number of ketones is 1. The van der Waals surface area contributed by atoms with Crippen LogP contribution in [0.15, 0.2) is 11.6 Å². The minimum absolute atomic E-state index is 0.0880. The number of aromatic nitrogens is 1. The summed E-state index contributed by atoms with van der Waals surface area (Å²) in [6, 6.07) is -0.439. The van der Waals surface area contributed by atoms with Crippen LogP contribution in [0, 0.1) is 0 Å². The second-order valence-corrected chi connectivity index (χ2v) is 2.88. The molecule has 0 fully saturated rings. The van der Waals surface area contributed by atoms with E-state index < -0.39 is 6.04 Å². The smallest absolute Gasteiger partial charge is 0.207 e. The maximum atomic E-state index is 11.0. The van der Waals surface area contributed by atoms with E-state index in [4.69, 9.17) is 5.73 Å². The molecule has 0 saturated carbocycles. The Bertz CT molecular complexity index is 218. The second kappa shape index (κ2) is 2.90. The van der Waals surface area contributed by atoms with Crippen LogP contribution in [-0.4, -0.2) is 16.8 Å². The normalized spacial score (nSPS) is 13.0. The van der Waals surface area contributed by atoms with Crippen LogP contribution in [0.1, 0.15) is 16.7 Å². The minimum Gasteiger partial charge on any atom is -0.321 e. The fraction of sp³-hybridized carbons (Fsp3) is 0.333. The van der Waals surface area contributed by atoms with Gasteiger partial charge in [-0.1, -0.05) is 0 Å². The molecule has 2 N–H and O–H groups in total. The number of rotatable bonds is 2. The third-order valence-corrected chi connectivity index (χ3v) is 1.84. The van der Waals surface area contributed by atoms with Gasteiger partial charge in [-0.3, -0.25) is 4.79 Å². The Hall–Kier alpha value is -0.740. The van der Waals surface area contributed by atoms with Crippen molar-refractivity contribution in [3.63, 3.8) is 0 Å². The third kappa shape index (κ3) is 1.40. The van der Waals surface area contributed by atoms with Gasteiger partial charge in [0.1, 0.15) is 0 Å². The van der Waals surface area contributed by atoms with Crippen molar-refractivity contribution in [3.05, 3.63) is 16.6 Å². The molecule has 1 atom stereocenters. The van der Waals surface area contributed by atoms with E-state index in [2.05, 4.69) is 4.98 Å². The van der Waals surface area contributed by atoms with Gasteiger partial charge in [-0.25, -0.2) is 4.98 Å². The summed E-state index contributed by atoms with van der Waals surface area (Å²) in [6.45, 7) is 1.66. The third-order valence-electron chi connectivity index (χ3n) is 1.06. The van der Waals surface area contributed by atoms with Crippen molar-refractivity contribution in [2.75, 3.05) is 0 Å². The number of hydrogen-bond donors (Lipinski definition) is 1. The first-order valence-electron chi connectivity index (χ1n) is 2.91. The number of hydrogen-bond acceptors (Lipinski definition) is 4. The van der Waals surface area contributed by atoms with Gasteiger partial charge < -0.3 is 5.73 Å². The van der Waals surface area contributed by atoms with Gasteiger partial charge in [-0.05, 0) is 6.92 Å². The van der Waals surface area contributed by atoms with Gasteiger partial charge in [-0.15, -0.1) is 11.3 Å². The topological polar surface area (TPSA) is 56.0 Å². The monoisotopic (exact) mass is 156 g/mol. The van der Waals surface area contributed by atoms with Crippen LogP contribution in [0.4, 0.5) is 0 Å². The highest BCUT2D eigenvalue weighted by Crippen LogP contribution is 2.05. The number of carbonyl (C=O) groups is 1. The molecule has 0 aliphatic carbocycles. The van der Waals surface area contributed by atoms with E-state index in [-0.39, 0.29) is 5.78 Å². The number of Topliss-reactive ketones (excluding diaryl/α,β-unsaturated/α-hetero) is 1. The number of nitrogens with zero attached hydrogens (tertiary/aromatic N) is 1. The van der Waals surface area contributed by atoms with Crippen molar-refractivity contribution in [3.8, 4) is 0 Å². The molecule has 0 aliphatic rings. The van der Waals surface area contributed by atoms with Gasteiger partial charge >= 0.3 is 0 Å². The molecule has 0 unspecified atom stereocenters. The molecule has 1 heterocycles. The zero-order valence-corrected chi connectivity index (χ0v) is 6.39. The van der Waals surface area contributed by atoms with Crippen molar-refractivity contribution in [1.29, 1.82) is 0 Å². The van der Waals surface area contributed by atoms with E-state index >= 15 is 0 Å². The summed E-state index contributed by atoms with van der Waals surface area (Å²) in [4.78, 5) is 14.9. The van der Waals surface area contributed by atoms with Crippen LogP contribution in [-0.2, 0) is 0 Å². The van der Waals surface area contributed by atoms with Gasteiger partial charge in [0.15, 0.2) is 5.01 Å². The van der Waals surface area contributed by atoms with Gasteiger partial charge in [0.05, 0.1) is 6.04 Å². The first-order valence-corrected chi connectivity index (χ1v) is 3.79. The molecule has 54 valence electrons. The predicted molar refractivity (Wildman–Crippen MR) is 40.1 cm³/mol. The first-order chi connectivity index (χ1) is 4.72. The summed E-state index contributed by atoms with van der Waals surface area (Å²) < 4.78 is 0. The van der Waals surface area contributed by atoms with Gasteiger partial charge in [-0.2, -0.15) is 0 Å². The summed E-state index contributed by atoms with van der Waals surface area (Å²) in [6.07, 6.45) is 1.60. The Kier molecular flexibility index (Phi) is 2.13. The number of nitrogens with two attached hydrogens (primary N) is 1. The molecule has 4 heteroatoms. The Morgan fingerprint density at radius 1 is 1.90 bits per heavy atom. The van der Waals surface area contributed by atoms with E-state index in [1.807, 2.05) is 0 Å². The standard InChI is InChI=1S/C6H8N2OS/c1-4(7)5(9)6-8-2-3-10-6/h2-4H,7H2,1H3/t4-/m1/s1. The molecule has 0 aromatic carbocycles. The van der Waals surface area contributed by atoms with E-state index in [0.29, 0.717) is 5.01 Å². The molecular formula is C6H8N2OS. The Balaban J connectivity index is 2.78. The maximum Gasteiger partial charge on any atom is 0.207 e. The zero-order chi connectivity index (χ0) is 7.56. The van der Waals surface area contributed by atoms with Gasteiger partial charge in [0.2, 0.25) is 5.78 Å². The van der Waals surface area contributed by atoms with Crippen LogP contribution < -0.4 is 5.73 Å². The molecule has 0 bridgehead atoms. The van der Waals surface area contributed by atoms with Crippen molar-refractivity contribution >= 4 is 17.1 Å². The molecule has 10 heavy (non-hydrogen) atoms. The highest BCUT2D eigenvalue weighted by atomic mass is 32.1. The van der Waals surface area contributed by atoms with Gasteiger partial charge in [0.25, 0.3) is 0 Å².